The van der Waals surface area contributed by atoms with Gasteiger partial charge in [-0.25, -0.2) is 4.79 Å². The van der Waals surface area contributed by atoms with E-state index in [1.54, 1.807) is 43.3 Å². The third-order valence-electron chi connectivity index (χ3n) is 6.83. The third kappa shape index (κ3) is 8.36. The highest BCUT2D eigenvalue weighted by Crippen LogP contribution is 2.23. The number of hydrogen-bond donors (Lipinski definition) is 4. The Kier molecular flexibility index (Phi) is 11.4. The zero-order valence-electron chi connectivity index (χ0n) is 23.3. The second-order valence-corrected chi connectivity index (χ2v) is 9.66. The molecular formula is C30H37ClN6O4. The van der Waals surface area contributed by atoms with Gasteiger partial charge < -0.3 is 36.1 Å². The number of carbonyl (C=O) groups excluding carboxylic acids is 2. The van der Waals surface area contributed by atoms with Crippen molar-refractivity contribution in [3.63, 3.8) is 0 Å². The summed E-state index contributed by atoms with van der Waals surface area (Å²) >= 11 is 0. The molecule has 10 nitrogen and oxygen atoms in total. The Morgan fingerprint density at radius 2 is 1.73 bits per heavy atom. The molecular weight excluding hydrogens is 544 g/mol. The van der Waals surface area contributed by atoms with Crippen LogP contribution in [0.5, 0.6) is 0 Å². The number of hydrogen-bond acceptors (Lipinski definition) is 8. The molecule has 1 aliphatic heterocycles. The minimum atomic E-state index is -0.462. The summed E-state index contributed by atoms with van der Waals surface area (Å²) in [6.45, 7) is 6.35. The van der Waals surface area contributed by atoms with Crippen molar-refractivity contribution in [3.05, 3.63) is 89.0 Å². The van der Waals surface area contributed by atoms with Crippen LogP contribution >= 0.6 is 12.4 Å². The van der Waals surface area contributed by atoms with E-state index in [0.29, 0.717) is 28.9 Å². The van der Waals surface area contributed by atoms with Crippen LogP contribution in [0.1, 0.15) is 45.2 Å². The van der Waals surface area contributed by atoms with Crippen molar-refractivity contribution in [3.8, 4) is 0 Å². The normalized spacial score (nSPS) is 14.0. The van der Waals surface area contributed by atoms with Gasteiger partial charge in [-0.05, 0) is 81.0 Å². The van der Waals surface area contributed by atoms with Crippen molar-refractivity contribution in [1.82, 2.24) is 4.90 Å². The van der Waals surface area contributed by atoms with E-state index in [2.05, 4.69) is 32.6 Å². The van der Waals surface area contributed by atoms with Crippen molar-refractivity contribution in [1.29, 1.82) is 0 Å². The summed E-state index contributed by atoms with van der Waals surface area (Å²) < 4.78 is 5.16. The van der Waals surface area contributed by atoms with E-state index in [1.165, 1.54) is 0 Å². The van der Waals surface area contributed by atoms with E-state index in [9.17, 15) is 9.59 Å². The molecule has 5 N–H and O–H groups in total. The van der Waals surface area contributed by atoms with Gasteiger partial charge in [-0.1, -0.05) is 23.4 Å². The summed E-state index contributed by atoms with van der Waals surface area (Å²) in [5.74, 6) is -0.737. The first-order valence-electron chi connectivity index (χ1n) is 13.3. The number of likely N-dealkylation sites (N-methyl/N-ethyl adjacent to an activating group) is 1. The molecule has 0 spiro atoms. The third-order valence-corrected chi connectivity index (χ3v) is 6.83. The topological polar surface area (TPSA) is 133 Å². The van der Waals surface area contributed by atoms with E-state index in [4.69, 9.17) is 15.7 Å². The van der Waals surface area contributed by atoms with Crippen molar-refractivity contribution in [2.24, 2.45) is 10.9 Å². The molecule has 0 aromatic heterocycles. The summed E-state index contributed by atoms with van der Waals surface area (Å²) in [5.41, 5.74) is 10.2. The fourth-order valence-electron chi connectivity index (χ4n) is 4.55. The molecule has 1 heterocycles. The zero-order chi connectivity index (χ0) is 28.5. The van der Waals surface area contributed by atoms with Gasteiger partial charge in [0.05, 0.1) is 12.2 Å². The summed E-state index contributed by atoms with van der Waals surface area (Å²) in [4.78, 5) is 30.3. The van der Waals surface area contributed by atoms with Gasteiger partial charge >= 0.3 is 5.97 Å². The number of amidine groups is 1. The van der Waals surface area contributed by atoms with E-state index in [0.717, 1.165) is 49.5 Å². The van der Waals surface area contributed by atoms with Gasteiger partial charge in [0.15, 0.2) is 5.84 Å². The van der Waals surface area contributed by atoms with Crippen molar-refractivity contribution in [2.45, 2.75) is 19.9 Å². The largest absolute Gasteiger partial charge is 0.462 e. The Morgan fingerprint density at radius 3 is 2.46 bits per heavy atom. The van der Waals surface area contributed by atoms with Crippen LogP contribution in [0.3, 0.4) is 0 Å². The molecule has 1 aliphatic rings. The summed E-state index contributed by atoms with van der Waals surface area (Å²) in [5, 5.41) is 18.3. The number of halogens is 1. The molecule has 11 heteroatoms. The molecule has 0 unspecified atom stereocenters. The van der Waals surface area contributed by atoms with Crippen LogP contribution in [0.25, 0.3) is 0 Å². The van der Waals surface area contributed by atoms with E-state index in [1.807, 2.05) is 30.3 Å². The number of esters is 1. The lowest BCUT2D eigenvalue weighted by molar-refractivity contribution is 0.0526. The van der Waals surface area contributed by atoms with Crippen molar-refractivity contribution < 1.29 is 19.5 Å². The number of nitrogens with one attached hydrogen (secondary N) is 2. The monoisotopic (exact) mass is 580 g/mol. The molecule has 0 radical (unpaired) electrons. The van der Waals surface area contributed by atoms with Crippen LogP contribution < -0.4 is 21.3 Å². The van der Waals surface area contributed by atoms with Crippen molar-refractivity contribution in [2.75, 3.05) is 55.4 Å². The van der Waals surface area contributed by atoms with E-state index >= 15 is 0 Å². The van der Waals surface area contributed by atoms with Gasteiger partial charge in [0.25, 0.3) is 5.91 Å². The fourth-order valence-corrected chi connectivity index (χ4v) is 4.55. The molecule has 0 bridgehead atoms. The first-order valence-corrected chi connectivity index (χ1v) is 13.3. The van der Waals surface area contributed by atoms with E-state index < -0.39 is 5.97 Å². The Labute approximate surface area is 246 Å². The maximum absolute atomic E-state index is 13.3. The first-order chi connectivity index (χ1) is 19.4. The van der Waals surface area contributed by atoms with Crippen LogP contribution in [0.4, 0.5) is 17.1 Å². The number of anilines is 3. The molecule has 1 saturated heterocycles. The first kappa shape index (κ1) is 31.3. The fraction of sp³-hybridized carbons (Fsp3) is 0.300. The number of benzene rings is 3. The average molecular weight is 581 g/mol. The Hall–Kier alpha value is -4.28. The number of ether oxygens (including phenoxy) is 1. The lowest BCUT2D eigenvalue weighted by Crippen LogP contribution is -2.28. The Morgan fingerprint density at radius 1 is 0.976 bits per heavy atom. The van der Waals surface area contributed by atoms with Gasteiger partial charge in [-0.2, -0.15) is 0 Å². The smallest absolute Gasteiger partial charge is 0.338 e. The molecule has 41 heavy (non-hydrogen) atoms. The maximum Gasteiger partial charge on any atom is 0.338 e. The van der Waals surface area contributed by atoms with Crippen LogP contribution in [-0.2, 0) is 11.3 Å². The second-order valence-electron chi connectivity index (χ2n) is 9.66. The maximum atomic E-state index is 13.3. The zero-order valence-corrected chi connectivity index (χ0v) is 24.1. The minimum absolute atomic E-state index is 0. The quantitative estimate of drug-likeness (QED) is 0.0963. The predicted molar refractivity (Wildman–Crippen MR) is 165 cm³/mol. The molecule has 0 saturated carbocycles. The number of rotatable bonds is 9. The number of carbonyl (C=O) groups is 2. The number of nitrogens with two attached hydrogens (primary N) is 1. The predicted octanol–water partition coefficient (Wildman–Crippen LogP) is 4.39. The highest BCUT2D eigenvalue weighted by Gasteiger charge is 2.16. The lowest BCUT2D eigenvalue weighted by atomic mass is 10.1. The molecule has 218 valence electrons. The highest BCUT2D eigenvalue weighted by molar-refractivity contribution is 6.05. The second kappa shape index (κ2) is 14.9. The molecule has 1 fully saturated rings. The van der Waals surface area contributed by atoms with Gasteiger partial charge in [-0.3, -0.25) is 4.79 Å². The number of nitrogens with zero attached hydrogens (tertiary/aromatic N) is 3. The van der Waals surface area contributed by atoms with Crippen LogP contribution in [0.2, 0.25) is 0 Å². The SMILES string of the molecule is CCOC(=O)c1ccc(CNc2cccc(/C(N)=N/O)c2)c(NC(=O)c2ccc(N3CCCN(C)CC3)cc2)c1.Cl. The van der Waals surface area contributed by atoms with E-state index in [-0.39, 0.29) is 30.8 Å². The number of amides is 1. The molecule has 3 aromatic rings. The minimum Gasteiger partial charge on any atom is -0.462 e. The van der Waals surface area contributed by atoms with Crippen LogP contribution in [0, 0.1) is 0 Å². The van der Waals surface area contributed by atoms with Crippen LogP contribution in [0.15, 0.2) is 71.9 Å². The highest BCUT2D eigenvalue weighted by atomic mass is 35.5. The molecule has 4 rings (SSSR count). The Balaban J connectivity index is 0.00000462. The summed E-state index contributed by atoms with van der Waals surface area (Å²) in [6.07, 6.45) is 1.10. The Bertz CT molecular complexity index is 1370. The molecule has 1 amide bonds. The van der Waals surface area contributed by atoms with Gasteiger partial charge in [0, 0.05) is 54.4 Å². The standard InChI is InChI=1S/C30H36N6O4.ClH/c1-3-40-30(38)23-8-9-24(20-32-25-7-4-6-22(18-25)28(31)34-39)27(19-23)33-29(37)21-10-12-26(13-11-21)36-15-5-14-35(2)16-17-36;/h4,6-13,18-19,32,39H,3,5,14-17,20H2,1-2H3,(H2,31,34)(H,33,37);1H. The van der Waals surface area contributed by atoms with Gasteiger partial charge in [0.2, 0.25) is 0 Å². The molecule has 0 aliphatic carbocycles. The van der Waals surface area contributed by atoms with Crippen LogP contribution in [-0.4, -0.2) is 67.7 Å². The summed E-state index contributed by atoms with van der Waals surface area (Å²) in [7, 11) is 2.14. The molecule has 0 atom stereocenters. The van der Waals surface area contributed by atoms with Gasteiger partial charge in [-0.15, -0.1) is 12.4 Å². The van der Waals surface area contributed by atoms with Crippen molar-refractivity contribution >= 4 is 47.2 Å². The number of oxime groups is 1. The van der Waals surface area contributed by atoms with Gasteiger partial charge in [0.1, 0.15) is 0 Å². The average Bonchev–Trinajstić information content (AvgIpc) is 3.20. The molecule has 3 aromatic carbocycles. The lowest BCUT2D eigenvalue weighted by Gasteiger charge is -2.23. The summed E-state index contributed by atoms with van der Waals surface area (Å²) in [6, 6.07) is 19.8.